The van der Waals surface area contributed by atoms with Crippen LogP contribution in [0.15, 0.2) is 60.7 Å². The summed E-state index contributed by atoms with van der Waals surface area (Å²) in [6.45, 7) is 5.84. The lowest BCUT2D eigenvalue weighted by atomic mass is 10.0. The van der Waals surface area contributed by atoms with Crippen molar-refractivity contribution in [1.82, 2.24) is 23.5 Å². The lowest BCUT2D eigenvalue weighted by molar-refractivity contribution is 0.0825. The average Bonchev–Trinajstić information content (AvgIpc) is 4.20. The summed E-state index contributed by atoms with van der Waals surface area (Å²) in [7, 11) is 0. The van der Waals surface area contributed by atoms with E-state index in [1.54, 1.807) is 18.4 Å². The molecule has 4 aromatic carbocycles. The van der Waals surface area contributed by atoms with Crippen LogP contribution in [0.4, 0.5) is 17.6 Å². The zero-order valence-electron chi connectivity index (χ0n) is 36.2. The Bertz CT molecular complexity index is 2340. The van der Waals surface area contributed by atoms with E-state index in [0.717, 1.165) is 119 Å². The molecule has 5 aliphatic rings. The van der Waals surface area contributed by atoms with E-state index in [1.807, 2.05) is 22.5 Å². The number of rotatable bonds is 15. The van der Waals surface area contributed by atoms with E-state index in [2.05, 4.69) is 19.2 Å². The van der Waals surface area contributed by atoms with Gasteiger partial charge in [0, 0.05) is 97.0 Å². The predicted octanol–water partition coefficient (Wildman–Crippen LogP) is 11.1. The van der Waals surface area contributed by atoms with Crippen molar-refractivity contribution in [2.24, 2.45) is 0 Å². The monoisotopic (exact) mass is 973 g/mol. The number of ether oxygens (including phenoxy) is 2. The fraction of sp³-hybridized carbons (Fsp3) is 0.458. The number of likely N-dealkylation sites (tertiary alicyclic amines) is 2. The van der Waals surface area contributed by atoms with Crippen LogP contribution in [0.5, 0.6) is 11.5 Å². The molecule has 4 aromatic rings. The molecule has 3 heterocycles. The largest absolute Gasteiger partial charge is 0.489 e. The van der Waals surface area contributed by atoms with E-state index >= 15 is 0 Å². The minimum Gasteiger partial charge on any atom is -0.489 e. The SMILES string of the molecule is CSNC(=O)c1cc(C2CC2)c(O[C@@H]2CCCN(Cc3c(Cl)cccc3Cl)C2)cc1F.O=C(NSN1CCC1)c1cc(C2CC2)c(O[C@@H]2CCCN(Cc3ccc(F)cc3F)C2)cc1F. The summed E-state index contributed by atoms with van der Waals surface area (Å²) in [5.41, 5.74) is 3.28. The molecule has 5 fully saturated rings. The molecule has 65 heavy (non-hydrogen) atoms. The van der Waals surface area contributed by atoms with Gasteiger partial charge in [0.25, 0.3) is 11.8 Å². The van der Waals surface area contributed by atoms with Crippen LogP contribution in [0, 0.1) is 23.3 Å². The second kappa shape index (κ2) is 21.9. The molecule has 17 heteroatoms. The molecule has 2 saturated carbocycles. The molecule has 348 valence electrons. The Labute approximate surface area is 396 Å². The van der Waals surface area contributed by atoms with Crippen LogP contribution in [0.1, 0.15) is 113 Å². The number of hydrogen-bond donors (Lipinski definition) is 2. The first-order chi connectivity index (χ1) is 31.4. The van der Waals surface area contributed by atoms with Gasteiger partial charge in [0.2, 0.25) is 0 Å². The van der Waals surface area contributed by atoms with Crippen molar-refractivity contribution in [2.45, 2.75) is 94.9 Å². The molecule has 2 N–H and O–H groups in total. The molecule has 9 rings (SSSR count). The Hall–Kier alpha value is -3.70. The van der Waals surface area contributed by atoms with E-state index in [1.165, 1.54) is 36.4 Å². The predicted molar refractivity (Wildman–Crippen MR) is 250 cm³/mol. The highest BCUT2D eigenvalue weighted by atomic mass is 35.5. The topological polar surface area (TPSA) is 86.4 Å². The normalized spacial score (nSPS) is 20.3. The number of benzene rings is 4. The van der Waals surface area contributed by atoms with Crippen LogP contribution in [-0.4, -0.2) is 83.7 Å². The van der Waals surface area contributed by atoms with Crippen LogP contribution in [0.25, 0.3) is 0 Å². The molecule has 2 amide bonds. The second-order valence-electron chi connectivity index (χ2n) is 17.4. The van der Waals surface area contributed by atoms with Crippen molar-refractivity contribution in [3.8, 4) is 11.5 Å². The summed E-state index contributed by atoms with van der Waals surface area (Å²) in [6.07, 6.45) is 10.2. The van der Waals surface area contributed by atoms with Crippen LogP contribution in [0.2, 0.25) is 10.0 Å². The highest BCUT2D eigenvalue weighted by molar-refractivity contribution is 7.97. The maximum Gasteiger partial charge on any atom is 0.265 e. The fourth-order valence-electron chi connectivity index (χ4n) is 8.47. The molecule has 9 nitrogen and oxygen atoms in total. The van der Waals surface area contributed by atoms with Crippen molar-refractivity contribution in [3.05, 3.63) is 127 Å². The lowest BCUT2D eigenvalue weighted by Crippen LogP contribution is -2.41. The van der Waals surface area contributed by atoms with Crippen LogP contribution >= 0.6 is 47.3 Å². The van der Waals surface area contributed by atoms with Gasteiger partial charge in [-0.15, -0.1) is 0 Å². The van der Waals surface area contributed by atoms with E-state index in [9.17, 15) is 27.2 Å². The van der Waals surface area contributed by atoms with E-state index in [4.69, 9.17) is 32.7 Å². The molecule has 0 unspecified atom stereocenters. The zero-order chi connectivity index (χ0) is 45.6. The molecule has 0 aromatic heterocycles. The number of carbonyl (C=O) groups excluding carboxylic acids is 2. The summed E-state index contributed by atoms with van der Waals surface area (Å²) in [6, 6.07) is 15.2. The van der Waals surface area contributed by atoms with Crippen molar-refractivity contribution in [1.29, 1.82) is 0 Å². The number of amides is 2. The average molecular weight is 975 g/mol. The number of carbonyl (C=O) groups is 2. The molecule has 0 bridgehead atoms. The summed E-state index contributed by atoms with van der Waals surface area (Å²) in [5.74, 6) is -1.49. The van der Waals surface area contributed by atoms with E-state index in [0.29, 0.717) is 59.2 Å². The third-order valence-corrected chi connectivity index (χ3v) is 14.4. The maximum atomic E-state index is 14.9. The van der Waals surface area contributed by atoms with Crippen molar-refractivity contribution >= 4 is 59.1 Å². The number of nitrogens with one attached hydrogen (secondary N) is 2. The first-order valence-electron chi connectivity index (χ1n) is 22.3. The molecule has 2 aliphatic carbocycles. The number of hydrogen-bond acceptors (Lipinski definition) is 9. The summed E-state index contributed by atoms with van der Waals surface area (Å²) >= 11 is 15.1. The second-order valence-corrected chi connectivity index (χ2v) is 19.7. The van der Waals surface area contributed by atoms with Gasteiger partial charge in [-0.1, -0.05) is 47.3 Å². The first kappa shape index (κ1) is 47.8. The summed E-state index contributed by atoms with van der Waals surface area (Å²) in [5, 5.41) is 1.32. The van der Waals surface area contributed by atoms with Crippen molar-refractivity contribution in [2.75, 3.05) is 45.5 Å². The van der Waals surface area contributed by atoms with Gasteiger partial charge in [0.15, 0.2) is 0 Å². The number of piperidine rings is 2. The summed E-state index contributed by atoms with van der Waals surface area (Å²) < 4.78 is 76.9. The molecular weight excluding hydrogens is 922 g/mol. The third kappa shape index (κ3) is 12.6. The molecule has 3 aliphatic heterocycles. The minimum absolute atomic E-state index is 0.0410. The lowest BCUT2D eigenvalue weighted by Gasteiger charge is -2.33. The van der Waals surface area contributed by atoms with Gasteiger partial charge >= 0.3 is 0 Å². The molecule has 2 atom stereocenters. The highest BCUT2D eigenvalue weighted by Gasteiger charge is 2.33. The van der Waals surface area contributed by atoms with E-state index in [-0.39, 0.29) is 29.3 Å². The zero-order valence-corrected chi connectivity index (χ0v) is 39.3. The van der Waals surface area contributed by atoms with E-state index < -0.39 is 35.1 Å². The Morgan fingerprint density at radius 1 is 0.662 bits per heavy atom. The molecule has 3 saturated heterocycles. The van der Waals surface area contributed by atoms with Gasteiger partial charge in [-0.3, -0.25) is 28.8 Å². The Morgan fingerprint density at radius 3 is 1.69 bits per heavy atom. The molecule has 0 spiro atoms. The summed E-state index contributed by atoms with van der Waals surface area (Å²) in [4.78, 5) is 29.1. The van der Waals surface area contributed by atoms with Crippen LogP contribution in [-0.2, 0) is 13.1 Å². The Kier molecular flexibility index (Phi) is 16.1. The van der Waals surface area contributed by atoms with Gasteiger partial charge in [-0.2, -0.15) is 0 Å². The van der Waals surface area contributed by atoms with Gasteiger partial charge in [-0.05, 0) is 124 Å². The van der Waals surface area contributed by atoms with Gasteiger partial charge in [-0.25, -0.2) is 21.9 Å². The Balaban J connectivity index is 0.000000178. The number of halogens is 6. The maximum absolute atomic E-state index is 14.9. The van der Waals surface area contributed by atoms with Crippen LogP contribution in [0.3, 0.4) is 0 Å². The first-order valence-corrected chi connectivity index (χ1v) is 25.0. The number of nitrogens with zero attached hydrogens (tertiary/aromatic N) is 3. The highest BCUT2D eigenvalue weighted by Crippen LogP contribution is 2.47. The van der Waals surface area contributed by atoms with Crippen LogP contribution < -0.4 is 18.9 Å². The van der Waals surface area contributed by atoms with Gasteiger partial charge < -0.3 is 9.47 Å². The molecular formula is C48H53Cl2F4N5O4S2. The standard InChI is InChI=1S/C25H28F3N3O2S.C23H25Cl2FN2O2S/c26-18-7-6-17(22(27)11-18)14-30-8-1-3-19(15-30)33-24-13-23(28)21(12-20(24)16-4-5-16)25(32)29-34-31-9-2-10-31;1-31-27-23(29)17-10-16(14-7-8-14)22(11-21(17)26)30-15-4-3-9-28(12-15)13-18-19(24)5-2-6-20(18)25/h6-7,11-13,16,19H,1-5,8-10,14-15H2,(H,29,32);2,5-6,10-11,14-15H,3-4,7-9,12-13H2,1H3,(H,27,29)/t19-;15-/m11/s1. The van der Waals surface area contributed by atoms with Gasteiger partial charge in [0.05, 0.1) is 11.1 Å². The van der Waals surface area contributed by atoms with Crippen molar-refractivity contribution in [3.63, 3.8) is 0 Å². The minimum atomic E-state index is -0.595. The van der Waals surface area contributed by atoms with Crippen molar-refractivity contribution < 1.29 is 36.6 Å². The smallest absolute Gasteiger partial charge is 0.265 e. The fourth-order valence-corrected chi connectivity index (χ4v) is 10.0. The molecule has 0 radical (unpaired) electrons. The quantitative estimate of drug-likeness (QED) is 0.0893. The Morgan fingerprint density at radius 2 is 1.20 bits per heavy atom. The van der Waals surface area contributed by atoms with Gasteiger partial charge in [0.1, 0.15) is 47.0 Å². The third-order valence-electron chi connectivity index (χ3n) is 12.4.